The number of halogens is 1. The van der Waals surface area contributed by atoms with Gasteiger partial charge in [-0.2, -0.15) is 5.10 Å². The van der Waals surface area contributed by atoms with E-state index in [0.717, 1.165) is 17.0 Å². The third-order valence-corrected chi connectivity index (χ3v) is 4.14. The first kappa shape index (κ1) is 16.3. The molecule has 3 rings (SSSR count). The van der Waals surface area contributed by atoms with Crippen LogP contribution >= 0.6 is 11.6 Å². The molecule has 3 aromatic rings. The van der Waals surface area contributed by atoms with Gasteiger partial charge in [-0.3, -0.25) is 9.48 Å². The summed E-state index contributed by atoms with van der Waals surface area (Å²) in [5, 5.41) is 8.05. The Morgan fingerprint density at radius 3 is 2.42 bits per heavy atom. The second-order valence-electron chi connectivity index (χ2n) is 5.65. The molecule has 0 fully saturated rings. The SMILES string of the molecule is Cc1nn(Cc2ccccc2)c(C)c1C(=O)Nc1ccc(Cl)cc1. The predicted octanol–water partition coefficient (Wildman–Crippen LogP) is 4.45. The molecule has 0 saturated carbocycles. The van der Waals surface area contributed by atoms with Crippen molar-refractivity contribution >= 4 is 23.2 Å². The number of anilines is 1. The number of aromatic nitrogens is 2. The number of hydrogen-bond acceptors (Lipinski definition) is 2. The molecular formula is C19H18ClN3O. The second kappa shape index (κ2) is 6.89. The van der Waals surface area contributed by atoms with Crippen LogP contribution in [0.5, 0.6) is 0 Å². The Morgan fingerprint density at radius 1 is 1.08 bits per heavy atom. The zero-order valence-corrected chi connectivity index (χ0v) is 14.3. The lowest BCUT2D eigenvalue weighted by atomic mass is 10.1. The fourth-order valence-corrected chi connectivity index (χ4v) is 2.79. The smallest absolute Gasteiger partial charge is 0.259 e. The number of carbonyl (C=O) groups is 1. The maximum Gasteiger partial charge on any atom is 0.259 e. The van der Waals surface area contributed by atoms with Crippen molar-refractivity contribution in [2.75, 3.05) is 5.32 Å². The van der Waals surface area contributed by atoms with Gasteiger partial charge in [-0.15, -0.1) is 0 Å². The van der Waals surface area contributed by atoms with Gasteiger partial charge in [0.05, 0.1) is 17.8 Å². The highest BCUT2D eigenvalue weighted by Crippen LogP contribution is 2.18. The van der Waals surface area contributed by atoms with Crippen molar-refractivity contribution in [2.45, 2.75) is 20.4 Å². The van der Waals surface area contributed by atoms with E-state index in [9.17, 15) is 4.79 Å². The van der Waals surface area contributed by atoms with Crippen LogP contribution in [0.1, 0.15) is 27.3 Å². The van der Waals surface area contributed by atoms with Crippen LogP contribution in [0.25, 0.3) is 0 Å². The lowest BCUT2D eigenvalue weighted by Crippen LogP contribution is -2.14. The standard InChI is InChI=1S/C19H18ClN3O/c1-13-18(19(24)21-17-10-8-16(20)9-11-17)14(2)23(22-13)12-15-6-4-3-5-7-15/h3-11H,12H2,1-2H3,(H,21,24). The van der Waals surface area contributed by atoms with E-state index in [4.69, 9.17) is 11.6 Å². The van der Waals surface area contributed by atoms with Crippen molar-refractivity contribution in [1.29, 1.82) is 0 Å². The summed E-state index contributed by atoms with van der Waals surface area (Å²) in [7, 11) is 0. The van der Waals surface area contributed by atoms with Crippen molar-refractivity contribution in [3.8, 4) is 0 Å². The minimum absolute atomic E-state index is 0.161. The second-order valence-corrected chi connectivity index (χ2v) is 6.09. The summed E-state index contributed by atoms with van der Waals surface area (Å²) in [6.45, 7) is 4.41. The summed E-state index contributed by atoms with van der Waals surface area (Å²) in [6.07, 6.45) is 0. The Balaban J connectivity index is 1.83. The highest BCUT2D eigenvalue weighted by Gasteiger charge is 2.18. The summed E-state index contributed by atoms with van der Waals surface area (Å²) in [5.74, 6) is -0.161. The van der Waals surface area contributed by atoms with Crippen molar-refractivity contribution in [3.05, 3.63) is 82.1 Å². The van der Waals surface area contributed by atoms with Crippen LogP contribution in [-0.4, -0.2) is 15.7 Å². The van der Waals surface area contributed by atoms with Gasteiger partial charge >= 0.3 is 0 Å². The van der Waals surface area contributed by atoms with E-state index in [0.29, 0.717) is 22.8 Å². The monoisotopic (exact) mass is 339 g/mol. The molecule has 122 valence electrons. The van der Waals surface area contributed by atoms with Crippen molar-refractivity contribution in [3.63, 3.8) is 0 Å². The lowest BCUT2D eigenvalue weighted by Gasteiger charge is -2.07. The minimum atomic E-state index is -0.161. The van der Waals surface area contributed by atoms with E-state index < -0.39 is 0 Å². The van der Waals surface area contributed by atoms with Gasteiger partial charge in [0, 0.05) is 16.4 Å². The van der Waals surface area contributed by atoms with Crippen LogP contribution in [-0.2, 0) is 6.54 Å². The number of benzene rings is 2. The average Bonchev–Trinajstić information content (AvgIpc) is 2.84. The fraction of sp³-hybridized carbons (Fsp3) is 0.158. The summed E-state index contributed by atoms with van der Waals surface area (Å²) < 4.78 is 1.86. The molecule has 0 spiro atoms. The Labute approximate surface area is 146 Å². The molecular weight excluding hydrogens is 322 g/mol. The Bertz CT molecular complexity index is 854. The number of aryl methyl sites for hydroxylation is 1. The zero-order valence-electron chi connectivity index (χ0n) is 13.6. The van der Waals surface area contributed by atoms with Gasteiger partial charge in [0.1, 0.15) is 0 Å². The largest absolute Gasteiger partial charge is 0.322 e. The van der Waals surface area contributed by atoms with Crippen LogP contribution in [0.3, 0.4) is 0 Å². The van der Waals surface area contributed by atoms with E-state index in [1.54, 1.807) is 24.3 Å². The summed E-state index contributed by atoms with van der Waals surface area (Å²) >= 11 is 5.87. The third-order valence-electron chi connectivity index (χ3n) is 3.89. The van der Waals surface area contributed by atoms with Crippen LogP contribution in [0.4, 0.5) is 5.69 Å². The van der Waals surface area contributed by atoms with E-state index >= 15 is 0 Å². The van der Waals surface area contributed by atoms with Crippen LogP contribution in [0, 0.1) is 13.8 Å². The van der Waals surface area contributed by atoms with Crippen LogP contribution in [0.15, 0.2) is 54.6 Å². The van der Waals surface area contributed by atoms with E-state index in [2.05, 4.69) is 10.4 Å². The van der Waals surface area contributed by atoms with E-state index in [1.165, 1.54) is 0 Å². The maximum absolute atomic E-state index is 12.6. The summed E-state index contributed by atoms with van der Waals surface area (Å²) in [5.41, 5.74) is 4.03. The molecule has 0 bridgehead atoms. The molecule has 0 aliphatic heterocycles. The van der Waals surface area contributed by atoms with E-state index in [-0.39, 0.29) is 5.91 Å². The number of rotatable bonds is 4. The topological polar surface area (TPSA) is 46.9 Å². The van der Waals surface area contributed by atoms with Gasteiger partial charge in [0.25, 0.3) is 5.91 Å². The van der Waals surface area contributed by atoms with Gasteiger partial charge in [0.2, 0.25) is 0 Å². The van der Waals surface area contributed by atoms with Gasteiger partial charge in [-0.1, -0.05) is 41.9 Å². The number of hydrogen-bond donors (Lipinski definition) is 1. The number of nitrogens with one attached hydrogen (secondary N) is 1. The number of amides is 1. The molecule has 1 N–H and O–H groups in total. The quantitative estimate of drug-likeness (QED) is 0.763. The Hall–Kier alpha value is -2.59. The van der Waals surface area contributed by atoms with Gasteiger partial charge in [-0.05, 0) is 43.7 Å². The fourth-order valence-electron chi connectivity index (χ4n) is 2.66. The summed E-state index contributed by atoms with van der Waals surface area (Å²) in [4.78, 5) is 12.6. The molecule has 0 saturated heterocycles. The van der Waals surface area contributed by atoms with Gasteiger partial charge in [-0.25, -0.2) is 0 Å². The number of carbonyl (C=O) groups excluding carboxylic acids is 1. The molecule has 1 heterocycles. The van der Waals surface area contributed by atoms with Gasteiger partial charge in [0.15, 0.2) is 0 Å². The highest BCUT2D eigenvalue weighted by atomic mass is 35.5. The third kappa shape index (κ3) is 3.49. The molecule has 1 aromatic heterocycles. The lowest BCUT2D eigenvalue weighted by molar-refractivity contribution is 0.102. The first-order valence-electron chi connectivity index (χ1n) is 7.69. The van der Waals surface area contributed by atoms with Crippen molar-refractivity contribution in [2.24, 2.45) is 0 Å². The Kier molecular flexibility index (Phi) is 4.67. The summed E-state index contributed by atoms with van der Waals surface area (Å²) in [6, 6.07) is 17.1. The Morgan fingerprint density at radius 2 is 1.75 bits per heavy atom. The highest BCUT2D eigenvalue weighted by molar-refractivity contribution is 6.30. The molecule has 0 aliphatic carbocycles. The zero-order chi connectivity index (χ0) is 17.1. The predicted molar refractivity (Wildman–Crippen MR) is 96.7 cm³/mol. The normalized spacial score (nSPS) is 10.6. The minimum Gasteiger partial charge on any atom is -0.322 e. The van der Waals surface area contributed by atoms with E-state index in [1.807, 2.05) is 48.9 Å². The molecule has 1 amide bonds. The van der Waals surface area contributed by atoms with Crippen LogP contribution < -0.4 is 5.32 Å². The molecule has 0 aliphatic rings. The van der Waals surface area contributed by atoms with Crippen LogP contribution in [0.2, 0.25) is 5.02 Å². The molecule has 5 heteroatoms. The van der Waals surface area contributed by atoms with Crippen molar-refractivity contribution < 1.29 is 4.79 Å². The molecule has 4 nitrogen and oxygen atoms in total. The molecule has 2 aromatic carbocycles. The molecule has 0 atom stereocenters. The number of nitrogens with zero attached hydrogens (tertiary/aromatic N) is 2. The molecule has 24 heavy (non-hydrogen) atoms. The first-order chi connectivity index (χ1) is 11.5. The molecule has 0 radical (unpaired) electrons. The average molecular weight is 340 g/mol. The molecule has 0 unspecified atom stereocenters. The van der Waals surface area contributed by atoms with Crippen molar-refractivity contribution in [1.82, 2.24) is 9.78 Å². The maximum atomic E-state index is 12.6. The first-order valence-corrected chi connectivity index (χ1v) is 8.07. The van der Waals surface area contributed by atoms with Gasteiger partial charge < -0.3 is 5.32 Å².